The first-order valence-electron chi connectivity index (χ1n) is 11.4. The number of aromatic nitrogens is 3. The zero-order valence-corrected chi connectivity index (χ0v) is 19.3. The van der Waals surface area contributed by atoms with E-state index in [1.54, 1.807) is 18.2 Å². The van der Waals surface area contributed by atoms with Gasteiger partial charge in [-0.15, -0.1) is 10.2 Å². The minimum Gasteiger partial charge on any atom is -0.472 e. The number of pyridine rings is 1. The minimum atomic E-state index is -2.59. The second-order valence-electron chi connectivity index (χ2n) is 9.24. The van der Waals surface area contributed by atoms with Crippen LogP contribution in [-0.4, -0.2) is 52.7 Å². The molecule has 0 radical (unpaired) electrons. The van der Waals surface area contributed by atoms with Crippen LogP contribution in [0.1, 0.15) is 29.7 Å². The summed E-state index contributed by atoms with van der Waals surface area (Å²) in [5, 5.41) is 11.4. The van der Waals surface area contributed by atoms with Crippen LogP contribution in [-0.2, 0) is 17.9 Å². The zero-order chi connectivity index (χ0) is 24.4. The number of anilines is 2. The molecule has 2 aromatic heterocycles. The SMILES string of the molecule is CN1CC2(CC1=O)CN(c1ccc(CNc3ccc(OCc4ccc(C(F)F)nc4)nn3)cc1)C2. The molecule has 0 aliphatic carbocycles. The average Bonchev–Trinajstić information content (AvgIpc) is 3.16. The van der Waals surface area contributed by atoms with Gasteiger partial charge in [0.2, 0.25) is 11.8 Å². The summed E-state index contributed by atoms with van der Waals surface area (Å²) in [4.78, 5) is 19.7. The Morgan fingerprint density at radius 3 is 2.40 bits per heavy atom. The average molecular weight is 481 g/mol. The highest BCUT2D eigenvalue weighted by Crippen LogP contribution is 2.41. The van der Waals surface area contributed by atoms with Gasteiger partial charge in [-0.3, -0.25) is 9.78 Å². The van der Waals surface area contributed by atoms with E-state index in [0.29, 0.717) is 30.2 Å². The van der Waals surface area contributed by atoms with Crippen molar-refractivity contribution in [2.24, 2.45) is 5.41 Å². The van der Waals surface area contributed by atoms with Crippen LogP contribution in [0.3, 0.4) is 0 Å². The number of benzene rings is 1. The van der Waals surface area contributed by atoms with Gasteiger partial charge in [-0.1, -0.05) is 18.2 Å². The molecule has 2 aliphatic rings. The van der Waals surface area contributed by atoms with Crippen LogP contribution in [0, 0.1) is 5.41 Å². The largest absolute Gasteiger partial charge is 0.472 e. The summed E-state index contributed by atoms with van der Waals surface area (Å²) in [6, 6.07) is 14.7. The molecule has 0 bridgehead atoms. The summed E-state index contributed by atoms with van der Waals surface area (Å²) in [5.74, 6) is 1.19. The minimum absolute atomic E-state index is 0.121. The van der Waals surface area contributed by atoms with Crippen LogP contribution >= 0.6 is 0 Å². The summed E-state index contributed by atoms with van der Waals surface area (Å²) in [6.45, 7) is 3.45. The monoisotopic (exact) mass is 480 g/mol. The van der Waals surface area contributed by atoms with Gasteiger partial charge in [0.15, 0.2) is 0 Å². The number of carbonyl (C=O) groups excluding carboxylic acids is 1. The summed E-state index contributed by atoms with van der Waals surface area (Å²) in [6.07, 6.45) is -0.572. The van der Waals surface area contributed by atoms with Gasteiger partial charge in [0.05, 0.1) is 0 Å². The lowest BCUT2D eigenvalue weighted by Gasteiger charge is -2.48. The van der Waals surface area contributed by atoms with Crippen LogP contribution in [0.25, 0.3) is 0 Å². The highest BCUT2D eigenvalue weighted by molar-refractivity contribution is 5.80. The number of rotatable bonds is 8. The summed E-state index contributed by atoms with van der Waals surface area (Å²) in [5.41, 5.74) is 2.81. The molecular formula is C25H26F2N6O2. The summed E-state index contributed by atoms with van der Waals surface area (Å²) >= 11 is 0. The van der Waals surface area contributed by atoms with Gasteiger partial charge in [-0.25, -0.2) is 8.78 Å². The predicted molar refractivity (Wildman–Crippen MR) is 126 cm³/mol. The van der Waals surface area contributed by atoms with Gasteiger partial charge < -0.3 is 19.9 Å². The third-order valence-electron chi connectivity index (χ3n) is 6.45. The van der Waals surface area contributed by atoms with E-state index in [4.69, 9.17) is 4.74 Å². The Bertz CT molecular complexity index is 1170. The fourth-order valence-electron chi connectivity index (χ4n) is 4.58. The first-order valence-corrected chi connectivity index (χ1v) is 11.4. The van der Waals surface area contributed by atoms with Crippen molar-refractivity contribution in [1.82, 2.24) is 20.1 Å². The Hall–Kier alpha value is -3.82. The van der Waals surface area contributed by atoms with Crippen LogP contribution in [0.2, 0.25) is 0 Å². The van der Waals surface area contributed by atoms with E-state index in [1.807, 2.05) is 11.9 Å². The number of hydrogen-bond donors (Lipinski definition) is 1. The van der Waals surface area contributed by atoms with E-state index >= 15 is 0 Å². The molecule has 35 heavy (non-hydrogen) atoms. The van der Waals surface area contributed by atoms with Gasteiger partial charge >= 0.3 is 0 Å². The molecule has 182 valence electrons. The van der Waals surface area contributed by atoms with Gasteiger partial charge in [-0.05, 0) is 29.8 Å². The zero-order valence-electron chi connectivity index (χ0n) is 19.3. The van der Waals surface area contributed by atoms with E-state index in [2.05, 4.69) is 49.7 Å². The Morgan fingerprint density at radius 1 is 1.03 bits per heavy atom. The van der Waals surface area contributed by atoms with Crippen LogP contribution < -0.4 is 15.0 Å². The fraction of sp³-hybridized carbons (Fsp3) is 0.360. The number of alkyl halides is 2. The molecule has 3 aromatic rings. The molecule has 2 aliphatic heterocycles. The quantitative estimate of drug-likeness (QED) is 0.527. The van der Waals surface area contributed by atoms with Crippen molar-refractivity contribution < 1.29 is 18.3 Å². The number of nitrogens with one attached hydrogen (secondary N) is 1. The summed E-state index contributed by atoms with van der Waals surface area (Å²) in [7, 11) is 1.88. The lowest BCUT2D eigenvalue weighted by molar-refractivity contribution is -0.126. The molecule has 2 fully saturated rings. The lowest BCUT2D eigenvalue weighted by atomic mass is 9.78. The van der Waals surface area contributed by atoms with Gasteiger partial charge in [0, 0.05) is 68.6 Å². The predicted octanol–water partition coefficient (Wildman–Crippen LogP) is 3.67. The number of amides is 1. The second-order valence-corrected chi connectivity index (χ2v) is 9.24. The second kappa shape index (κ2) is 9.44. The first-order chi connectivity index (χ1) is 16.9. The smallest absolute Gasteiger partial charge is 0.280 e. The number of likely N-dealkylation sites (tertiary alicyclic amines) is 1. The first kappa shape index (κ1) is 22.9. The number of halogens is 2. The molecule has 2 saturated heterocycles. The van der Waals surface area contributed by atoms with Crippen LogP contribution in [0.5, 0.6) is 5.88 Å². The number of hydrogen-bond acceptors (Lipinski definition) is 7. The maximum absolute atomic E-state index is 12.6. The van der Waals surface area contributed by atoms with E-state index < -0.39 is 6.43 Å². The Balaban J connectivity index is 1.07. The van der Waals surface area contributed by atoms with Gasteiger partial charge in [0.25, 0.3) is 6.43 Å². The molecule has 10 heteroatoms. The molecule has 0 unspecified atom stereocenters. The molecule has 1 aromatic carbocycles. The maximum atomic E-state index is 12.6. The van der Waals surface area contributed by atoms with E-state index in [0.717, 1.165) is 25.2 Å². The van der Waals surface area contributed by atoms with E-state index in [1.165, 1.54) is 18.0 Å². The number of nitrogens with zero attached hydrogens (tertiary/aromatic N) is 5. The number of ether oxygens (including phenoxy) is 1. The standard InChI is InChI=1S/C25H26F2N6O2/c1-32-14-25(10-23(32)34)15-33(16-25)19-5-2-17(3-6-19)11-29-21-8-9-22(31-30-21)35-13-18-4-7-20(24(26)27)28-12-18/h2-9,12,24H,10-11,13-16H2,1H3,(H,29,30). The lowest BCUT2D eigenvalue weighted by Crippen LogP contribution is -2.57. The Labute approximate surface area is 201 Å². The molecule has 5 rings (SSSR count). The molecule has 1 amide bonds. The van der Waals surface area contributed by atoms with Crippen molar-refractivity contribution in [1.29, 1.82) is 0 Å². The molecule has 0 atom stereocenters. The van der Waals surface area contributed by atoms with E-state index in [9.17, 15) is 13.6 Å². The van der Waals surface area contributed by atoms with Crippen molar-refractivity contribution in [3.05, 3.63) is 71.5 Å². The molecule has 1 spiro atoms. The molecule has 1 N–H and O–H groups in total. The van der Waals surface area contributed by atoms with Crippen LogP contribution in [0.15, 0.2) is 54.7 Å². The van der Waals surface area contributed by atoms with Crippen molar-refractivity contribution in [2.75, 3.05) is 36.9 Å². The third kappa shape index (κ3) is 5.16. The molecule has 8 nitrogen and oxygen atoms in total. The summed E-state index contributed by atoms with van der Waals surface area (Å²) < 4.78 is 30.7. The molecule has 4 heterocycles. The highest BCUT2D eigenvalue weighted by atomic mass is 19.3. The fourth-order valence-corrected chi connectivity index (χ4v) is 4.58. The molecule has 0 saturated carbocycles. The Kier molecular flexibility index (Phi) is 6.19. The highest BCUT2D eigenvalue weighted by Gasteiger charge is 2.50. The van der Waals surface area contributed by atoms with Crippen LogP contribution in [0.4, 0.5) is 20.3 Å². The Morgan fingerprint density at radius 2 is 1.80 bits per heavy atom. The third-order valence-corrected chi connectivity index (χ3v) is 6.45. The molecular weight excluding hydrogens is 454 g/mol. The van der Waals surface area contributed by atoms with E-state index in [-0.39, 0.29) is 23.6 Å². The van der Waals surface area contributed by atoms with Gasteiger partial charge in [0.1, 0.15) is 18.1 Å². The maximum Gasteiger partial charge on any atom is 0.280 e. The number of carbonyl (C=O) groups is 1. The normalized spacial score (nSPS) is 16.6. The van der Waals surface area contributed by atoms with Crippen molar-refractivity contribution in [3.63, 3.8) is 0 Å². The van der Waals surface area contributed by atoms with Crippen molar-refractivity contribution >= 4 is 17.4 Å². The van der Waals surface area contributed by atoms with Crippen molar-refractivity contribution in [2.45, 2.75) is 26.0 Å². The topological polar surface area (TPSA) is 83.5 Å². The van der Waals surface area contributed by atoms with Crippen molar-refractivity contribution in [3.8, 4) is 5.88 Å². The van der Waals surface area contributed by atoms with Gasteiger partial charge in [-0.2, -0.15) is 0 Å².